The number of aromatic nitrogens is 2. The molecule has 2 heteroatoms. The fourth-order valence-corrected chi connectivity index (χ4v) is 0.766. The summed E-state index contributed by atoms with van der Waals surface area (Å²) in [6.07, 6.45) is 5.02. The molecule has 0 aliphatic rings. The van der Waals surface area contributed by atoms with E-state index >= 15 is 0 Å². The Bertz CT molecular complexity index is 155. The molecule has 9 heavy (non-hydrogen) atoms. The first-order chi connectivity index (χ1) is 4.34. The van der Waals surface area contributed by atoms with Crippen LogP contribution in [0.15, 0.2) is 12.4 Å². The lowest BCUT2D eigenvalue weighted by atomic mass is 10.0. The first-order valence-electron chi connectivity index (χ1n) is 3.33. The Kier molecular flexibility index (Phi) is 1.88. The number of nitrogens with zero attached hydrogens (tertiary/aromatic N) is 1. The lowest BCUT2D eigenvalue weighted by Crippen LogP contribution is -1.86. The molecule has 0 spiro atoms. The summed E-state index contributed by atoms with van der Waals surface area (Å²) >= 11 is 0. The van der Waals surface area contributed by atoms with Gasteiger partial charge in [-0.3, -0.25) is 5.10 Å². The number of H-pyrrole nitrogens is 1. The van der Waals surface area contributed by atoms with Crippen molar-refractivity contribution in [2.24, 2.45) is 0 Å². The molecule has 1 aromatic heterocycles. The highest BCUT2D eigenvalue weighted by Crippen LogP contribution is 2.15. The molecule has 50 valence electrons. The van der Waals surface area contributed by atoms with Crippen molar-refractivity contribution < 1.29 is 0 Å². The molecule has 0 aromatic carbocycles. The van der Waals surface area contributed by atoms with Gasteiger partial charge in [0.2, 0.25) is 0 Å². The largest absolute Gasteiger partial charge is 0.285 e. The molecule has 1 heterocycles. The number of hydrogen-bond donors (Lipinski definition) is 1. The molecule has 0 amide bonds. The van der Waals surface area contributed by atoms with Gasteiger partial charge in [-0.15, -0.1) is 0 Å². The van der Waals surface area contributed by atoms with E-state index in [-0.39, 0.29) is 0 Å². The Morgan fingerprint density at radius 1 is 1.78 bits per heavy atom. The van der Waals surface area contributed by atoms with E-state index in [0.717, 1.165) is 0 Å². The fourth-order valence-electron chi connectivity index (χ4n) is 0.766. The fraction of sp³-hybridized carbons (Fsp3) is 0.571. The van der Waals surface area contributed by atoms with Crippen LogP contribution in [0.2, 0.25) is 0 Å². The van der Waals surface area contributed by atoms with E-state index in [1.807, 2.05) is 12.4 Å². The van der Waals surface area contributed by atoms with Crippen LogP contribution in [-0.2, 0) is 0 Å². The van der Waals surface area contributed by atoms with Crippen LogP contribution in [0.3, 0.4) is 0 Å². The molecule has 0 radical (unpaired) electrons. The smallest absolute Gasteiger partial charge is 0.0521 e. The highest BCUT2D eigenvalue weighted by molar-refractivity contribution is 5.08. The van der Waals surface area contributed by atoms with Crippen molar-refractivity contribution in [2.45, 2.75) is 26.2 Å². The van der Waals surface area contributed by atoms with Crippen LogP contribution in [-0.4, -0.2) is 10.2 Å². The Morgan fingerprint density at radius 2 is 2.56 bits per heavy atom. The summed E-state index contributed by atoms with van der Waals surface area (Å²) in [4.78, 5) is 0. The number of aromatic amines is 1. The van der Waals surface area contributed by atoms with Gasteiger partial charge in [-0.1, -0.05) is 13.8 Å². The number of nitrogens with one attached hydrogen (secondary N) is 1. The van der Waals surface area contributed by atoms with Crippen molar-refractivity contribution in [3.05, 3.63) is 18.0 Å². The van der Waals surface area contributed by atoms with Crippen LogP contribution in [0.5, 0.6) is 0 Å². The van der Waals surface area contributed by atoms with Crippen molar-refractivity contribution in [3.8, 4) is 0 Å². The standard InChI is InChI=1S/C7H12N2/c1-3-6(2)7-4-8-9-5-7/h4-6H,3H2,1-2H3,(H,8,9)/t6-/m1/s1. The van der Waals surface area contributed by atoms with Crippen molar-refractivity contribution in [1.29, 1.82) is 0 Å². The molecule has 0 unspecified atom stereocenters. The zero-order chi connectivity index (χ0) is 6.69. The first kappa shape index (κ1) is 6.33. The SMILES string of the molecule is CC[C@@H](C)c1cn[nH]c1. The minimum absolute atomic E-state index is 0.642. The van der Waals surface area contributed by atoms with Gasteiger partial charge in [-0.25, -0.2) is 0 Å². The maximum absolute atomic E-state index is 3.87. The summed E-state index contributed by atoms with van der Waals surface area (Å²) in [6.45, 7) is 4.38. The third-order valence-electron chi connectivity index (χ3n) is 1.70. The summed E-state index contributed by atoms with van der Waals surface area (Å²) in [6, 6.07) is 0. The van der Waals surface area contributed by atoms with Crippen LogP contribution >= 0.6 is 0 Å². The van der Waals surface area contributed by atoms with E-state index in [4.69, 9.17) is 0 Å². The van der Waals surface area contributed by atoms with E-state index in [1.54, 1.807) is 0 Å². The van der Waals surface area contributed by atoms with Crippen LogP contribution in [0.4, 0.5) is 0 Å². The Balaban J connectivity index is 2.65. The molecule has 1 atom stereocenters. The topological polar surface area (TPSA) is 28.7 Å². The second-order valence-electron chi connectivity index (χ2n) is 2.34. The van der Waals surface area contributed by atoms with Gasteiger partial charge >= 0.3 is 0 Å². The van der Waals surface area contributed by atoms with Gasteiger partial charge in [0, 0.05) is 6.20 Å². The predicted molar refractivity (Wildman–Crippen MR) is 37.3 cm³/mol. The van der Waals surface area contributed by atoms with Crippen molar-refractivity contribution in [1.82, 2.24) is 10.2 Å². The molecule has 0 saturated heterocycles. The molecule has 0 aliphatic carbocycles. The van der Waals surface area contributed by atoms with Gasteiger partial charge in [0.25, 0.3) is 0 Å². The van der Waals surface area contributed by atoms with E-state index in [1.165, 1.54) is 12.0 Å². The second kappa shape index (κ2) is 2.67. The summed E-state index contributed by atoms with van der Waals surface area (Å²) < 4.78 is 0. The van der Waals surface area contributed by atoms with Crippen LogP contribution in [0.25, 0.3) is 0 Å². The van der Waals surface area contributed by atoms with Gasteiger partial charge in [0.1, 0.15) is 0 Å². The molecule has 0 bridgehead atoms. The van der Waals surface area contributed by atoms with E-state index < -0.39 is 0 Å². The van der Waals surface area contributed by atoms with Crippen LogP contribution < -0.4 is 0 Å². The maximum Gasteiger partial charge on any atom is 0.0521 e. The first-order valence-corrected chi connectivity index (χ1v) is 3.33. The quantitative estimate of drug-likeness (QED) is 0.641. The minimum Gasteiger partial charge on any atom is -0.285 e. The zero-order valence-electron chi connectivity index (χ0n) is 5.89. The monoisotopic (exact) mass is 124 g/mol. The summed E-state index contributed by atoms with van der Waals surface area (Å²) in [5, 5.41) is 6.66. The van der Waals surface area contributed by atoms with Crippen LogP contribution in [0.1, 0.15) is 31.7 Å². The summed E-state index contributed by atoms with van der Waals surface area (Å²) in [5.74, 6) is 0.642. The molecular weight excluding hydrogens is 112 g/mol. The third kappa shape index (κ3) is 1.31. The Hall–Kier alpha value is -0.790. The lowest BCUT2D eigenvalue weighted by Gasteiger charge is -2.01. The molecule has 0 aliphatic heterocycles. The molecule has 1 rings (SSSR count). The van der Waals surface area contributed by atoms with Gasteiger partial charge < -0.3 is 0 Å². The Morgan fingerprint density at radius 3 is 3.00 bits per heavy atom. The van der Waals surface area contributed by atoms with E-state index in [0.29, 0.717) is 5.92 Å². The molecule has 1 N–H and O–H groups in total. The van der Waals surface area contributed by atoms with Gasteiger partial charge in [0.15, 0.2) is 0 Å². The van der Waals surface area contributed by atoms with Crippen molar-refractivity contribution in [3.63, 3.8) is 0 Å². The third-order valence-corrected chi connectivity index (χ3v) is 1.70. The van der Waals surface area contributed by atoms with Gasteiger partial charge in [0.05, 0.1) is 6.20 Å². The molecule has 1 aromatic rings. The summed E-state index contributed by atoms with van der Waals surface area (Å²) in [5.41, 5.74) is 1.30. The van der Waals surface area contributed by atoms with Gasteiger partial charge in [-0.05, 0) is 17.9 Å². The minimum atomic E-state index is 0.642. The molecular formula is C7H12N2. The summed E-state index contributed by atoms with van der Waals surface area (Å²) in [7, 11) is 0. The van der Waals surface area contributed by atoms with E-state index in [9.17, 15) is 0 Å². The average Bonchev–Trinajstić information content (AvgIpc) is 2.37. The number of hydrogen-bond acceptors (Lipinski definition) is 1. The van der Waals surface area contributed by atoms with Gasteiger partial charge in [-0.2, -0.15) is 5.10 Å². The normalized spacial score (nSPS) is 13.6. The number of rotatable bonds is 2. The van der Waals surface area contributed by atoms with Crippen molar-refractivity contribution in [2.75, 3.05) is 0 Å². The second-order valence-corrected chi connectivity index (χ2v) is 2.34. The molecule has 0 saturated carbocycles. The van der Waals surface area contributed by atoms with Crippen molar-refractivity contribution >= 4 is 0 Å². The highest BCUT2D eigenvalue weighted by atomic mass is 15.1. The lowest BCUT2D eigenvalue weighted by molar-refractivity contribution is 0.734. The molecule has 2 nitrogen and oxygen atoms in total. The Labute approximate surface area is 55.3 Å². The predicted octanol–water partition coefficient (Wildman–Crippen LogP) is 1.92. The maximum atomic E-state index is 3.87. The zero-order valence-corrected chi connectivity index (χ0v) is 5.89. The van der Waals surface area contributed by atoms with Crippen LogP contribution in [0, 0.1) is 0 Å². The molecule has 0 fully saturated rings. The average molecular weight is 124 g/mol. The van der Waals surface area contributed by atoms with E-state index in [2.05, 4.69) is 24.0 Å². The highest BCUT2D eigenvalue weighted by Gasteiger charge is 2.01.